The van der Waals surface area contributed by atoms with Crippen molar-refractivity contribution in [3.63, 3.8) is 0 Å². The number of hydrogen-bond donors (Lipinski definition) is 0. The van der Waals surface area contributed by atoms with Gasteiger partial charge in [-0.25, -0.2) is 4.39 Å². The molecule has 0 bridgehead atoms. The quantitative estimate of drug-likeness (QED) is 0.608. The molecule has 13 heavy (non-hydrogen) atoms. The van der Waals surface area contributed by atoms with Crippen LogP contribution in [0.4, 0.5) is 4.39 Å². The number of carbonyl (C=O) groups excluding carboxylic acids is 1. The number of Topliss-reactive ketones (excluding diaryl/α,β-unsaturated/α-hetero) is 1. The van der Waals surface area contributed by atoms with Crippen molar-refractivity contribution < 1.29 is 9.18 Å². The molecule has 72 valence electrons. The van der Waals surface area contributed by atoms with E-state index in [1.165, 1.54) is 13.0 Å². The molecule has 0 saturated heterocycles. The molecule has 1 aromatic rings. The zero-order valence-electron chi connectivity index (χ0n) is 8.52. The van der Waals surface area contributed by atoms with E-state index in [0.717, 1.165) is 0 Å². The van der Waals surface area contributed by atoms with E-state index in [4.69, 9.17) is 0 Å². The molecule has 0 atom stereocenters. The van der Waals surface area contributed by atoms with Crippen LogP contribution in [0, 0.1) is 12.7 Å². The summed E-state index contributed by atoms with van der Waals surface area (Å²) in [6.45, 7) is 7.09. The van der Waals surface area contributed by atoms with Crippen molar-refractivity contribution in [3.05, 3.63) is 35.1 Å². The molecule has 0 N–H and O–H groups in total. The van der Waals surface area contributed by atoms with Crippen LogP contribution in [0.15, 0.2) is 18.2 Å². The topological polar surface area (TPSA) is 17.1 Å². The van der Waals surface area contributed by atoms with E-state index >= 15 is 0 Å². The highest BCUT2D eigenvalue weighted by atomic mass is 19.1. The standard InChI is InChI=1S/C9H9FO.C2H6/c1-6-3-4-8(7(2)11)5-9(6)10;1-2/h3-5H,1-2H3;1-2H3. The van der Waals surface area contributed by atoms with E-state index in [1.54, 1.807) is 19.1 Å². The Labute approximate surface area is 78.6 Å². The molecule has 0 heterocycles. The summed E-state index contributed by atoms with van der Waals surface area (Å²) in [5, 5.41) is 0. The fourth-order valence-corrected chi connectivity index (χ4v) is 0.812. The third-order valence-corrected chi connectivity index (χ3v) is 1.58. The lowest BCUT2D eigenvalue weighted by atomic mass is 10.1. The average Bonchev–Trinajstić information content (AvgIpc) is 2.13. The molecule has 0 aromatic heterocycles. The van der Waals surface area contributed by atoms with Gasteiger partial charge in [0, 0.05) is 5.56 Å². The van der Waals surface area contributed by atoms with Gasteiger partial charge in [0.15, 0.2) is 5.78 Å². The number of benzene rings is 1. The van der Waals surface area contributed by atoms with Crippen LogP contribution in [0.1, 0.15) is 36.7 Å². The van der Waals surface area contributed by atoms with Gasteiger partial charge in [-0.05, 0) is 25.5 Å². The molecular formula is C11H15FO. The third kappa shape index (κ3) is 3.36. The summed E-state index contributed by atoms with van der Waals surface area (Å²) >= 11 is 0. The SMILES string of the molecule is CC.CC(=O)c1ccc(C)c(F)c1. The second-order valence-corrected chi connectivity index (χ2v) is 2.52. The Morgan fingerprint density at radius 3 is 2.23 bits per heavy atom. The van der Waals surface area contributed by atoms with Crippen molar-refractivity contribution in [1.82, 2.24) is 0 Å². The Morgan fingerprint density at radius 2 is 1.85 bits per heavy atom. The lowest BCUT2D eigenvalue weighted by Gasteiger charge is -1.97. The van der Waals surface area contributed by atoms with Gasteiger partial charge in [0.1, 0.15) is 5.82 Å². The van der Waals surface area contributed by atoms with E-state index in [2.05, 4.69) is 0 Å². The summed E-state index contributed by atoms with van der Waals surface area (Å²) < 4.78 is 12.8. The summed E-state index contributed by atoms with van der Waals surface area (Å²) in [6, 6.07) is 4.49. The van der Waals surface area contributed by atoms with E-state index < -0.39 is 0 Å². The van der Waals surface area contributed by atoms with E-state index in [-0.39, 0.29) is 11.6 Å². The zero-order chi connectivity index (χ0) is 10.4. The van der Waals surface area contributed by atoms with Gasteiger partial charge in [0.2, 0.25) is 0 Å². The predicted molar refractivity (Wildman–Crippen MR) is 52.5 cm³/mol. The Kier molecular flexibility index (Phi) is 4.97. The van der Waals surface area contributed by atoms with Crippen molar-refractivity contribution in [2.24, 2.45) is 0 Å². The lowest BCUT2D eigenvalue weighted by Crippen LogP contribution is -1.93. The van der Waals surface area contributed by atoms with Crippen LogP contribution in [0.3, 0.4) is 0 Å². The minimum atomic E-state index is -0.322. The van der Waals surface area contributed by atoms with Gasteiger partial charge in [-0.3, -0.25) is 4.79 Å². The molecular weight excluding hydrogens is 167 g/mol. The van der Waals surface area contributed by atoms with Crippen molar-refractivity contribution in [2.75, 3.05) is 0 Å². The summed E-state index contributed by atoms with van der Waals surface area (Å²) in [4.78, 5) is 10.7. The monoisotopic (exact) mass is 182 g/mol. The summed E-state index contributed by atoms with van der Waals surface area (Å²) in [7, 11) is 0. The molecule has 0 unspecified atom stereocenters. The average molecular weight is 182 g/mol. The first-order valence-electron chi connectivity index (χ1n) is 4.38. The van der Waals surface area contributed by atoms with E-state index in [0.29, 0.717) is 11.1 Å². The highest BCUT2D eigenvalue weighted by Gasteiger charge is 2.01. The van der Waals surface area contributed by atoms with E-state index in [1.807, 2.05) is 13.8 Å². The Balaban J connectivity index is 0.000000671. The highest BCUT2D eigenvalue weighted by Crippen LogP contribution is 2.09. The van der Waals surface area contributed by atoms with E-state index in [9.17, 15) is 9.18 Å². The van der Waals surface area contributed by atoms with Crippen LogP contribution in [0.2, 0.25) is 0 Å². The Hall–Kier alpha value is -1.18. The summed E-state index contributed by atoms with van der Waals surface area (Å²) in [5.74, 6) is -0.429. The van der Waals surface area contributed by atoms with Gasteiger partial charge in [-0.15, -0.1) is 0 Å². The first-order valence-corrected chi connectivity index (χ1v) is 4.38. The van der Waals surface area contributed by atoms with Gasteiger partial charge in [-0.1, -0.05) is 26.0 Å². The first-order chi connectivity index (χ1) is 6.11. The van der Waals surface area contributed by atoms with Crippen molar-refractivity contribution in [3.8, 4) is 0 Å². The van der Waals surface area contributed by atoms with Gasteiger partial charge >= 0.3 is 0 Å². The maximum atomic E-state index is 12.8. The number of aryl methyl sites for hydroxylation is 1. The minimum absolute atomic E-state index is 0.107. The molecule has 0 radical (unpaired) electrons. The van der Waals surface area contributed by atoms with Crippen LogP contribution in [0.25, 0.3) is 0 Å². The van der Waals surface area contributed by atoms with Crippen LogP contribution >= 0.6 is 0 Å². The first kappa shape index (κ1) is 11.8. The van der Waals surface area contributed by atoms with Gasteiger partial charge in [-0.2, -0.15) is 0 Å². The van der Waals surface area contributed by atoms with Crippen molar-refractivity contribution in [2.45, 2.75) is 27.7 Å². The number of ketones is 1. The zero-order valence-corrected chi connectivity index (χ0v) is 8.52. The third-order valence-electron chi connectivity index (χ3n) is 1.58. The largest absolute Gasteiger partial charge is 0.295 e. The fourth-order valence-electron chi connectivity index (χ4n) is 0.812. The maximum Gasteiger partial charge on any atom is 0.159 e. The minimum Gasteiger partial charge on any atom is -0.295 e. The second kappa shape index (κ2) is 5.46. The molecule has 0 spiro atoms. The molecule has 0 fully saturated rings. The Morgan fingerprint density at radius 1 is 1.31 bits per heavy atom. The number of halogens is 1. The Bertz CT molecular complexity index is 292. The van der Waals surface area contributed by atoms with Gasteiger partial charge in [0.05, 0.1) is 0 Å². The molecule has 0 aliphatic rings. The molecule has 1 nitrogen and oxygen atoms in total. The summed E-state index contributed by atoms with van der Waals surface area (Å²) in [5.41, 5.74) is 0.989. The smallest absolute Gasteiger partial charge is 0.159 e. The highest BCUT2D eigenvalue weighted by molar-refractivity contribution is 5.94. The molecule has 1 aromatic carbocycles. The number of rotatable bonds is 1. The molecule has 0 aliphatic heterocycles. The predicted octanol–water partition coefficient (Wildman–Crippen LogP) is 3.36. The molecule has 0 aliphatic carbocycles. The maximum absolute atomic E-state index is 12.8. The number of hydrogen-bond acceptors (Lipinski definition) is 1. The lowest BCUT2D eigenvalue weighted by molar-refractivity contribution is 0.101. The fraction of sp³-hybridized carbons (Fsp3) is 0.364. The van der Waals surface area contributed by atoms with Gasteiger partial charge in [0.25, 0.3) is 0 Å². The van der Waals surface area contributed by atoms with Crippen LogP contribution in [-0.2, 0) is 0 Å². The summed E-state index contributed by atoms with van der Waals surface area (Å²) in [6.07, 6.45) is 0. The molecule has 2 heteroatoms. The van der Waals surface area contributed by atoms with Crippen LogP contribution < -0.4 is 0 Å². The van der Waals surface area contributed by atoms with Crippen molar-refractivity contribution >= 4 is 5.78 Å². The molecule has 0 amide bonds. The molecule has 0 saturated carbocycles. The van der Waals surface area contributed by atoms with Crippen molar-refractivity contribution in [1.29, 1.82) is 0 Å². The number of carbonyl (C=O) groups is 1. The molecule has 1 rings (SSSR count). The van der Waals surface area contributed by atoms with Crippen LogP contribution in [-0.4, -0.2) is 5.78 Å². The van der Waals surface area contributed by atoms with Crippen LogP contribution in [0.5, 0.6) is 0 Å². The normalized spacial score (nSPS) is 8.69. The van der Waals surface area contributed by atoms with Gasteiger partial charge < -0.3 is 0 Å². The second-order valence-electron chi connectivity index (χ2n) is 2.52.